The Labute approximate surface area is 159 Å². The van der Waals surface area contributed by atoms with Gasteiger partial charge in [-0.05, 0) is 16.8 Å². The third-order valence-corrected chi connectivity index (χ3v) is 5.03. The zero-order valence-corrected chi connectivity index (χ0v) is 15.1. The predicted molar refractivity (Wildman–Crippen MR) is 116 cm³/mol. The summed E-state index contributed by atoms with van der Waals surface area (Å²) in [4.78, 5) is 9.91. The van der Waals surface area contributed by atoms with E-state index < -0.39 is 0 Å². The molecule has 0 aliphatic carbocycles. The van der Waals surface area contributed by atoms with E-state index in [2.05, 4.69) is 68.5 Å². The van der Waals surface area contributed by atoms with Crippen molar-refractivity contribution in [2.45, 2.75) is 0 Å². The van der Waals surface area contributed by atoms with Crippen LogP contribution >= 0.6 is 0 Å². The largest absolute Gasteiger partial charge is 0.228 e. The molecule has 2 nitrogen and oxygen atoms in total. The number of para-hydroxylation sites is 1. The Morgan fingerprint density at radius 1 is 0.556 bits per heavy atom. The number of benzene rings is 4. The highest BCUT2D eigenvalue weighted by Gasteiger charge is 2.13. The van der Waals surface area contributed by atoms with Gasteiger partial charge in [-0.25, -0.2) is 9.97 Å². The molecule has 0 spiro atoms. The third kappa shape index (κ3) is 2.68. The van der Waals surface area contributed by atoms with E-state index in [1.165, 1.54) is 16.2 Å². The third-order valence-electron chi connectivity index (χ3n) is 5.03. The van der Waals surface area contributed by atoms with Crippen molar-refractivity contribution < 1.29 is 0 Å². The van der Waals surface area contributed by atoms with Crippen LogP contribution in [0.4, 0.5) is 0 Å². The number of aromatic nitrogens is 2. The molecule has 0 radical (unpaired) electrons. The first kappa shape index (κ1) is 15.8. The van der Waals surface area contributed by atoms with Crippen LogP contribution in [0.2, 0.25) is 0 Å². The lowest BCUT2D eigenvalue weighted by molar-refractivity contribution is 1.23. The highest BCUT2D eigenvalue weighted by atomic mass is 14.9. The summed E-state index contributed by atoms with van der Waals surface area (Å²) in [6.07, 6.45) is 0. The summed E-state index contributed by atoms with van der Waals surface area (Å²) in [5.41, 5.74) is 5.37. The Bertz CT molecular complexity index is 1280. The molecule has 4 aromatic carbocycles. The smallest absolute Gasteiger partial charge is 0.161 e. The van der Waals surface area contributed by atoms with Crippen LogP contribution in [-0.4, -0.2) is 17.8 Å². The van der Waals surface area contributed by atoms with E-state index in [4.69, 9.17) is 9.97 Å². The van der Waals surface area contributed by atoms with Crippen molar-refractivity contribution in [3.8, 4) is 22.6 Å². The van der Waals surface area contributed by atoms with Gasteiger partial charge in [0.25, 0.3) is 0 Å². The maximum atomic E-state index is 5.01. The van der Waals surface area contributed by atoms with E-state index in [-0.39, 0.29) is 0 Å². The maximum absolute atomic E-state index is 5.01. The van der Waals surface area contributed by atoms with E-state index in [9.17, 15) is 0 Å². The second kappa shape index (κ2) is 6.37. The molecule has 5 rings (SSSR count). The van der Waals surface area contributed by atoms with Gasteiger partial charge in [-0.1, -0.05) is 90.4 Å². The standard InChI is InChI=1S/C24H17BN2/c25-21-15-14-19(17-10-4-5-11-18(17)21)24-26-22-13-7-6-12-20(22)23(27-24)16-8-2-1-3-9-16/h1-15H,25H2. The minimum atomic E-state index is 0.767. The van der Waals surface area contributed by atoms with Crippen molar-refractivity contribution in [2.75, 3.05) is 0 Å². The molecule has 0 saturated heterocycles. The van der Waals surface area contributed by atoms with Gasteiger partial charge in [0.15, 0.2) is 5.82 Å². The Balaban J connectivity index is 1.85. The van der Waals surface area contributed by atoms with Crippen LogP contribution in [0.3, 0.4) is 0 Å². The van der Waals surface area contributed by atoms with Crippen LogP contribution < -0.4 is 5.46 Å². The molecule has 0 unspecified atom stereocenters. The molecular weight excluding hydrogens is 327 g/mol. The normalized spacial score (nSPS) is 11.1. The van der Waals surface area contributed by atoms with Gasteiger partial charge in [0, 0.05) is 16.5 Å². The van der Waals surface area contributed by atoms with E-state index in [1.807, 2.05) is 30.3 Å². The summed E-state index contributed by atoms with van der Waals surface area (Å²) in [7, 11) is 2.14. The van der Waals surface area contributed by atoms with Crippen LogP contribution in [0.15, 0.2) is 91.0 Å². The minimum Gasteiger partial charge on any atom is -0.228 e. The lowest BCUT2D eigenvalue weighted by atomic mass is 9.88. The molecular formula is C24H17BN2. The first-order valence-electron chi connectivity index (χ1n) is 9.12. The van der Waals surface area contributed by atoms with Gasteiger partial charge < -0.3 is 0 Å². The van der Waals surface area contributed by atoms with Crippen molar-refractivity contribution in [1.29, 1.82) is 0 Å². The summed E-state index contributed by atoms with van der Waals surface area (Å²) in [5, 5.41) is 3.50. The zero-order valence-electron chi connectivity index (χ0n) is 15.1. The number of fused-ring (bicyclic) bond motifs is 2. The molecule has 0 N–H and O–H groups in total. The fourth-order valence-corrected chi connectivity index (χ4v) is 3.66. The second-order valence-corrected chi connectivity index (χ2v) is 6.75. The molecule has 126 valence electrons. The molecule has 0 atom stereocenters. The van der Waals surface area contributed by atoms with E-state index in [1.54, 1.807) is 0 Å². The fourth-order valence-electron chi connectivity index (χ4n) is 3.66. The molecule has 0 saturated carbocycles. The van der Waals surface area contributed by atoms with Crippen molar-refractivity contribution in [3.05, 3.63) is 91.0 Å². The summed E-state index contributed by atoms with van der Waals surface area (Å²) in [5.74, 6) is 0.767. The maximum Gasteiger partial charge on any atom is 0.161 e. The number of rotatable bonds is 2. The van der Waals surface area contributed by atoms with Gasteiger partial charge in [-0.15, -0.1) is 0 Å². The average molecular weight is 344 g/mol. The van der Waals surface area contributed by atoms with Crippen LogP contribution in [0.1, 0.15) is 0 Å². The van der Waals surface area contributed by atoms with Crippen LogP contribution in [0, 0.1) is 0 Å². The Kier molecular flexibility index (Phi) is 3.72. The first-order chi connectivity index (χ1) is 13.3. The molecule has 0 fully saturated rings. The number of hydrogen-bond acceptors (Lipinski definition) is 2. The van der Waals surface area contributed by atoms with Crippen molar-refractivity contribution in [1.82, 2.24) is 9.97 Å². The lowest BCUT2D eigenvalue weighted by Crippen LogP contribution is -2.04. The van der Waals surface area contributed by atoms with Crippen molar-refractivity contribution >= 4 is 35.0 Å². The summed E-state index contributed by atoms with van der Waals surface area (Å²) in [6, 6.07) is 31.3. The fraction of sp³-hybridized carbons (Fsp3) is 0. The van der Waals surface area contributed by atoms with Gasteiger partial charge in [-0.3, -0.25) is 0 Å². The Morgan fingerprint density at radius 2 is 1.22 bits per heavy atom. The monoisotopic (exact) mass is 344 g/mol. The van der Waals surface area contributed by atoms with E-state index >= 15 is 0 Å². The Hall–Kier alpha value is -3.46. The molecule has 27 heavy (non-hydrogen) atoms. The van der Waals surface area contributed by atoms with Crippen LogP contribution in [0.5, 0.6) is 0 Å². The SMILES string of the molecule is Bc1ccc(-c2nc(-c3ccccc3)c3ccccc3n2)c2ccccc12. The van der Waals surface area contributed by atoms with Gasteiger partial charge in [0.2, 0.25) is 0 Å². The molecule has 0 amide bonds. The molecule has 5 aromatic rings. The molecule has 0 aliphatic heterocycles. The second-order valence-electron chi connectivity index (χ2n) is 6.75. The topological polar surface area (TPSA) is 25.8 Å². The van der Waals surface area contributed by atoms with E-state index in [0.717, 1.165) is 33.5 Å². The van der Waals surface area contributed by atoms with Gasteiger partial charge >= 0.3 is 0 Å². The predicted octanol–water partition coefficient (Wildman–Crippen LogP) is 4.38. The Morgan fingerprint density at radius 3 is 2.04 bits per heavy atom. The quantitative estimate of drug-likeness (QED) is 0.444. The number of nitrogens with zero attached hydrogens (tertiary/aromatic N) is 2. The van der Waals surface area contributed by atoms with Crippen molar-refractivity contribution in [3.63, 3.8) is 0 Å². The van der Waals surface area contributed by atoms with Gasteiger partial charge in [-0.2, -0.15) is 0 Å². The zero-order chi connectivity index (χ0) is 18.2. The average Bonchev–Trinajstić information content (AvgIpc) is 2.74. The number of hydrogen-bond donors (Lipinski definition) is 0. The van der Waals surface area contributed by atoms with E-state index in [0.29, 0.717) is 0 Å². The molecule has 1 aromatic heterocycles. The molecule has 0 bridgehead atoms. The van der Waals surface area contributed by atoms with Gasteiger partial charge in [0.05, 0.1) is 11.2 Å². The highest BCUT2D eigenvalue weighted by molar-refractivity contribution is 6.39. The van der Waals surface area contributed by atoms with Gasteiger partial charge in [0.1, 0.15) is 7.85 Å². The van der Waals surface area contributed by atoms with Crippen LogP contribution in [0.25, 0.3) is 44.3 Å². The first-order valence-corrected chi connectivity index (χ1v) is 9.12. The summed E-state index contributed by atoms with van der Waals surface area (Å²) >= 11 is 0. The highest BCUT2D eigenvalue weighted by Crippen LogP contribution is 2.31. The van der Waals surface area contributed by atoms with Crippen molar-refractivity contribution in [2.24, 2.45) is 0 Å². The molecule has 0 aliphatic rings. The minimum absolute atomic E-state index is 0.767. The molecule has 3 heteroatoms. The summed E-state index contributed by atoms with van der Waals surface area (Å²) < 4.78 is 0. The van der Waals surface area contributed by atoms with Crippen LogP contribution in [-0.2, 0) is 0 Å². The lowest BCUT2D eigenvalue weighted by Gasteiger charge is -2.12. The molecule has 1 heterocycles. The summed E-state index contributed by atoms with van der Waals surface area (Å²) in [6.45, 7) is 0.